The van der Waals surface area contributed by atoms with Gasteiger partial charge in [0.1, 0.15) is 0 Å². The van der Waals surface area contributed by atoms with Gasteiger partial charge < -0.3 is 15.7 Å². The summed E-state index contributed by atoms with van der Waals surface area (Å²) in [5, 5.41) is 16.8. The minimum absolute atomic E-state index is 0.0554. The maximum atomic E-state index is 10.2. The minimum atomic E-state index is -0.209. The van der Waals surface area contributed by atoms with Crippen LogP contribution in [0.5, 0.6) is 0 Å². The first-order valence-corrected chi connectivity index (χ1v) is 8.71. The van der Waals surface area contributed by atoms with E-state index in [0.29, 0.717) is 6.54 Å². The summed E-state index contributed by atoms with van der Waals surface area (Å²) in [5.41, 5.74) is -0.0554. The van der Waals surface area contributed by atoms with Crippen molar-refractivity contribution in [2.24, 2.45) is 10.4 Å². The molecule has 3 N–H and O–H groups in total. The third kappa shape index (κ3) is 5.61. The van der Waals surface area contributed by atoms with E-state index in [1.165, 1.54) is 6.42 Å². The lowest BCUT2D eigenvalue weighted by Gasteiger charge is -2.37. The molecule has 2 atom stereocenters. The van der Waals surface area contributed by atoms with Crippen LogP contribution in [0.4, 0.5) is 0 Å². The van der Waals surface area contributed by atoms with Crippen LogP contribution in [-0.4, -0.2) is 48.8 Å². The molecule has 0 aromatic rings. The summed E-state index contributed by atoms with van der Waals surface area (Å²) in [7, 11) is 0. The first-order valence-electron chi connectivity index (χ1n) is 7.31. The van der Waals surface area contributed by atoms with Crippen LogP contribution < -0.4 is 10.6 Å². The summed E-state index contributed by atoms with van der Waals surface area (Å²) >= 11 is 1.82. The summed E-state index contributed by atoms with van der Waals surface area (Å²) in [4.78, 5) is 4.66. The second-order valence-electron chi connectivity index (χ2n) is 5.53. The lowest BCUT2D eigenvalue weighted by molar-refractivity contribution is 0.00716. The zero-order chi connectivity index (χ0) is 14.1. The van der Waals surface area contributed by atoms with E-state index in [1.807, 2.05) is 11.8 Å². The van der Waals surface area contributed by atoms with Gasteiger partial charge in [-0.1, -0.05) is 19.8 Å². The zero-order valence-electron chi connectivity index (χ0n) is 12.5. The molecule has 4 nitrogen and oxygen atoms in total. The van der Waals surface area contributed by atoms with Crippen molar-refractivity contribution in [3.63, 3.8) is 0 Å². The minimum Gasteiger partial charge on any atom is -0.392 e. The summed E-state index contributed by atoms with van der Waals surface area (Å²) in [6, 6.07) is 0. The number of aliphatic imine (C=N–C) groups is 1. The monoisotopic (exact) mass is 287 g/mol. The van der Waals surface area contributed by atoms with Crippen molar-refractivity contribution in [3.05, 3.63) is 0 Å². The topological polar surface area (TPSA) is 56.7 Å². The quantitative estimate of drug-likeness (QED) is 0.396. The molecule has 0 radical (unpaired) electrons. The summed E-state index contributed by atoms with van der Waals surface area (Å²) in [5.74, 6) is 1.94. The highest BCUT2D eigenvalue weighted by Crippen LogP contribution is 2.36. The number of nitrogens with one attached hydrogen (secondary N) is 2. The maximum Gasteiger partial charge on any atom is 0.191 e. The van der Waals surface area contributed by atoms with Crippen molar-refractivity contribution in [2.75, 3.05) is 31.6 Å². The number of guanidine groups is 1. The molecule has 0 spiro atoms. The lowest BCUT2D eigenvalue weighted by atomic mass is 9.73. The highest BCUT2D eigenvalue weighted by Gasteiger charge is 2.35. The van der Waals surface area contributed by atoms with Crippen molar-refractivity contribution in [1.29, 1.82) is 0 Å². The van der Waals surface area contributed by atoms with Gasteiger partial charge in [-0.25, -0.2) is 0 Å². The van der Waals surface area contributed by atoms with E-state index in [9.17, 15) is 5.11 Å². The van der Waals surface area contributed by atoms with Gasteiger partial charge in [0.15, 0.2) is 5.96 Å². The van der Waals surface area contributed by atoms with Gasteiger partial charge in [0.2, 0.25) is 0 Å². The highest BCUT2D eigenvalue weighted by atomic mass is 32.2. The Hall–Kier alpha value is -0.420. The van der Waals surface area contributed by atoms with Crippen LogP contribution in [0.2, 0.25) is 0 Å². The fourth-order valence-electron chi connectivity index (χ4n) is 2.44. The van der Waals surface area contributed by atoms with E-state index in [-0.39, 0.29) is 11.5 Å². The number of rotatable bonds is 6. The molecule has 0 amide bonds. The van der Waals surface area contributed by atoms with Crippen LogP contribution in [-0.2, 0) is 0 Å². The Morgan fingerprint density at radius 1 is 1.42 bits per heavy atom. The number of thioether (sulfide) groups is 1. The number of hydrogen-bond acceptors (Lipinski definition) is 3. The predicted octanol–water partition coefficient (Wildman–Crippen LogP) is 1.85. The Morgan fingerprint density at radius 3 is 2.84 bits per heavy atom. The average molecular weight is 287 g/mol. The zero-order valence-corrected chi connectivity index (χ0v) is 13.4. The van der Waals surface area contributed by atoms with Crippen molar-refractivity contribution >= 4 is 17.7 Å². The van der Waals surface area contributed by atoms with Gasteiger partial charge >= 0.3 is 0 Å². The summed E-state index contributed by atoms with van der Waals surface area (Å²) < 4.78 is 0. The fourth-order valence-corrected chi connectivity index (χ4v) is 2.75. The molecule has 0 heterocycles. The van der Waals surface area contributed by atoms with Crippen molar-refractivity contribution in [3.8, 4) is 0 Å². The molecule has 5 heteroatoms. The molecule has 0 aromatic heterocycles. The smallest absolute Gasteiger partial charge is 0.191 e. The molecule has 1 rings (SSSR count). The molecule has 2 unspecified atom stereocenters. The first-order chi connectivity index (χ1) is 9.12. The summed E-state index contributed by atoms with van der Waals surface area (Å²) in [6.07, 6.45) is 6.24. The molecule has 1 fully saturated rings. The molecule has 0 bridgehead atoms. The second-order valence-corrected chi connectivity index (χ2v) is 6.52. The Labute approximate surface area is 121 Å². The first kappa shape index (κ1) is 16.6. The van der Waals surface area contributed by atoms with E-state index in [1.54, 1.807) is 0 Å². The molecule has 0 aliphatic heterocycles. The van der Waals surface area contributed by atoms with Crippen LogP contribution in [0.15, 0.2) is 4.99 Å². The highest BCUT2D eigenvalue weighted by molar-refractivity contribution is 7.98. The number of nitrogens with zero attached hydrogens (tertiary/aromatic N) is 1. The van der Waals surface area contributed by atoms with E-state index in [2.05, 4.69) is 35.7 Å². The number of aliphatic hydroxyl groups excluding tert-OH is 1. The largest absolute Gasteiger partial charge is 0.392 e. The van der Waals surface area contributed by atoms with Gasteiger partial charge in [0.05, 0.1) is 12.6 Å². The molecule has 1 saturated carbocycles. The normalized spacial score (nSPS) is 28.2. The van der Waals surface area contributed by atoms with Crippen LogP contribution in [0.1, 0.15) is 39.5 Å². The van der Waals surface area contributed by atoms with E-state index in [0.717, 1.165) is 44.1 Å². The molecule has 1 aliphatic carbocycles. The lowest BCUT2D eigenvalue weighted by Crippen LogP contribution is -2.42. The summed E-state index contributed by atoms with van der Waals surface area (Å²) in [6.45, 7) is 6.72. The van der Waals surface area contributed by atoms with Gasteiger partial charge in [-0.15, -0.1) is 0 Å². The van der Waals surface area contributed by atoms with Crippen molar-refractivity contribution in [2.45, 2.75) is 45.6 Å². The standard InChI is InChI=1S/C14H29N3OS/c1-4-15-13(16-9-10-19-3)17-11-14(2)8-6-5-7-12(14)18/h12,18H,4-11H2,1-3H3,(H2,15,16,17). The Balaban J connectivity index is 2.52. The Bertz CT molecular complexity index is 286. The van der Waals surface area contributed by atoms with Crippen LogP contribution >= 0.6 is 11.8 Å². The SMILES string of the molecule is CCNC(=NCC1(C)CCCCC1O)NCCSC. The van der Waals surface area contributed by atoms with Gasteiger partial charge in [-0.05, 0) is 26.0 Å². The van der Waals surface area contributed by atoms with E-state index >= 15 is 0 Å². The van der Waals surface area contributed by atoms with Crippen LogP contribution in [0.3, 0.4) is 0 Å². The van der Waals surface area contributed by atoms with Gasteiger partial charge in [0.25, 0.3) is 0 Å². The third-order valence-corrected chi connectivity index (χ3v) is 4.43. The predicted molar refractivity (Wildman–Crippen MR) is 84.9 cm³/mol. The maximum absolute atomic E-state index is 10.2. The Kier molecular flexibility index (Phi) is 7.61. The van der Waals surface area contributed by atoms with Crippen LogP contribution in [0, 0.1) is 5.41 Å². The second kappa shape index (κ2) is 8.69. The molecule has 0 saturated heterocycles. The molecule has 112 valence electrons. The molecule has 1 aliphatic rings. The molecular formula is C14H29N3OS. The number of hydrogen-bond donors (Lipinski definition) is 3. The van der Waals surface area contributed by atoms with Gasteiger partial charge in [-0.3, -0.25) is 4.99 Å². The fraction of sp³-hybridized carbons (Fsp3) is 0.929. The van der Waals surface area contributed by atoms with Crippen LogP contribution in [0.25, 0.3) is 0 Å². The average Bonchev–Trinajstić information content (AvgIpc) is 2.40. The van der Waals surface area contributed by atoms with Crippen molar-refractivity contribution < 1.29 is 5.11 Å². The van der Waals surface area contributed by atoms with E-state index < -0.39 is 0 Å². The third-order valence-electron chi connectivity index (χ3n) is 3.82. The van der Waals surface area contributed by atoms with Gasteiger partial charge in [-0.2, -0.15) is 11.8 Å². The number of aliphatic hydroxyl groups is 1. The van der Waals surface area contributed by atoms with Gasteiger partial charge in [0, 0.05) is 24.3 Å². The molecule has 19 heavy (non-hydrogen) atoms. The molecular weight excluding hydrogens is 258 g/mol. The van der Waals surface area contributed by atoms with Crippen molar-refractivity contribution in [1.82, 2.24) is 10.6 Å². The van der Waals surface area contributed by atoms with E-state index in [4.69, 9.17) is 0 Å². The Morgan fingerprint density at radius 2 is 2.21 bits per heavy atom. The molecule has 0 aromatic carbocycles.